The molecule has 0 unspecified atom stereocenters. The maximum absolute atomic E-state index is 3.36. The van der Waals surface area contributed by atoms with E-state index in [0.717, 1.165) is 11.5 Å². The van der Waals surface area contributed by atoms with Crippen molar-refractivity contribution >= 4 is 10.8 Å². The van der Waals surface area contributed by atoms with Crippen LogP contribution in [0.4, 0.5) is 0 Å². The first-order chi connectivity index (χ1) is 11.3. The first-order valence-corrected chi connectivity index (χ1v) is 7.79. The van der Waals surface area contributed by atoms with Crippen LogP contribution in [0, 0.1) is 13.1 Å². The number of rotatable bonds is 2. The van der Waals surface area contributed by atoms with Crippen molar-refractivity contribution in [2.75, 3.05) is 0 Å². The molecule has 1 heterocycles. The molecule has 0 aliphatic rings. The van der Waals surface area contributed by atoms with Crippen molar-refractivity contribution in [3.05, 3.63) is 84.7 Å². The highest BCUT2D eigenvalue weighted by molar-refractivity contribution is 5.96. The van der Waals surface area contributed by atoms with E-state index in [1.165, 1.54) is 21.9 Å². The number of aryl methyl sites for hydroxylation is 2. The van der Waals surface area contributed by atoms with Crippen molar-refractivity contribution in [3.63, 3.8) is 0 Å². The van der Waals surface area contributed by atoms with Crippen LogP contribution in [0.15, 0.2) is 72.9 Å². The quantitative estimate of drug-likeness (QED) is 0.387. The monoisotopic (exact) mass is 298 g/mol. The molecule has 0 radical (unpaired) electrons. The van der Waals surface area contributed by atoms with E-state index in [-0.39, 0.29) is 0 Å². The summed E-state index contributed by atoms with van der Waals surface area (Å²) in [6.45, 7) is 2.17. The van der Waals surface area contributed by atoms with E-state index < -0.39 is 0 Å². The zero-order chi connectivity index (χ0) is 15.8. The number of aromatic nitrogens is 2. The molecule has 0 bridgehead atoms. The summed E-state index contributed by atoms with van der Waals surface area (Å²) in [5.74, 6) is 1.14. The van der Waals surface area contributed by atoms with E-state index >= 15 is 0 Å². The Kier molecular flexibility index (Phi) is 3.23. The van der Waals surface area contributed by atoms with E-state index in [0.29, 0.717) is 0 Å². The Morgan fingerprint density at radius 2 is 1.61 bits per heavy atom. The van der Waals surface area contributed by atoms with Gasteiger partial charge in [0, 0.05) is 11.3 Å². The van der Waals surface area contributed by atoms with E-state index in [2.05, 4.69) is 90.0 Å². The molecule has 0 aliphatic heterocycles. The highest BCUT2D eigenvalue weighted by Gasteiger charge is 2.15. The molecule has 2 nitrogen and oxygen atoms in total. The van der Waals surface area contributed by atoms with Gasteiger partial charge >= 0.3 is 0 Å². The Bertz CT molecular complexity index is 981. The Balaban J connectivity index is 2.07. The molecule has 0 atom stereocenters. The fourth-order valence-corrected chi connectivity index (χ4v) is 3.16. The van der Waals surface area contributed by atoms with Crippen molar-refractivity contribution in [1.29, 1.82) is 0 Å². The number of para-hydroxylation sites is 1. The van der Waals surface area contributed by atoms with Crippen molar-refractivity contribution in [2.45, 2.75) is 6.92 Å². The third-order valence-corrected chi connectivity index (χ3v) is 4.30. The van der Waals surface area contributed by atoms with Gasteiger partial charge in [-0.05, 0) is 23.3 Å². The normalized spacial score (nSPS) is 11.0. The number of imidazole rings is 1. The van der Waals surface area contributed by atoms with Crippen LogP contribution in [0.2, 0.25) is 0 Å². The minimum atomic E-state index is 1.12. The van der Waals surface area contributed by atoms with Crippen molar-refractivity contribution in [2.24, 2.45) is 7.05 Å². The fraction of sp³-hybridized carbons (Fsp3) is 0.0952. The topological polar surface area (TPSA) is 8.81 Å². The molecule has 0 amide bonds. The van der Waals surface area contributed by atoms with Crippen molar-refractivity contribution < 1.29 is 4.57 Å². The summed E-state index contributed by atoms with van der Waals surface area (Å²) in [6.07, 6.45) is 5.35. The molecule has 0 saturated carbocycles. The highest BCUT2D eigenvalue weighted by Crippen LogP contribution is 2.30. The molecule has 1 aromatic heterocycles. The lowest BCUT2D eigenvalue weighted by Crippen LogP contribution is -2.32. The number of fused-ring (bicyclic) bond motifs is 1. The first-order valence-electron chi connectivity index (χ1n) is 7.79. The molecule has 0 saturated heterocycles. The van der Waals surface area contributed by atoms with Gasteiger partial charge in [0.1, 0.15) is 0 Å². The molecule has 0 N–H and O–H groups in total. The minimum Gasteiger partial charge on any atom is -0.356 e. The molecule has 0 aliphatic carbocycles. The molecule has 4 rings (SSSR count). The molecule has 0 spiro atoms. The van der Waals surface area contributed by atoms with Crippen molar-refractivity contribution in [1.82, 2.24) is 4.57 Å². The van der Waals surface area contributed by atoms with E-state index in [1.807, 2.05) is 12.3 Å². The van der Waals surface area contributed by atoms with Gasteiger partial charge in [-0.15, -0.1) is 0 Å². The summed E-state index contributed by atoms with van der Waals surface area (Å²) >= 11 is 0. The number of nitrogens with zero attached hydrogens (tertiary/aromatic N) is 2. The lowest BCUT2D eigenvalue weighted by Gasteiger charge is -2.16. The minimum absolute atomic E-state index is 1.12. The van der Waals surface area contributed by atoms with Crippen LogP contribution in [0.5, 0.6) is 0 Å². The van der Waals surface area contributed by atoms with Gasteiger partial charge in [0.2, 0.25) is 0 Å². The summed E-state index contributed by atoms with van der Waals surface area (Å²) in [5.41, 5.74) is 3.65. The molecule has 0 fully saturated rings. The zero-order valence-corrected chi connectivity index (χ0v) is 13.3. The van der Waals surface area contributed by atoms with Crippen LogP contribution >= 0.6 is 0 Å². The predicted molar refractivity (Wildman–Crippen MR) is 93.5 cm³/mol. The first kappa shape index (κ1) is 13.8. The summed E-state index contributed by atoms with van der Waals surface area (Å²) in [4.78, 5) is 0. The summed E-state index contributed by atoms with van der Waals surface area (Å²) < 4.78 is 4.27. The maximum atomic E-state index is 3.36. The molecule has 3 aromatic carbocycles. The number of benzene rings is 3. The lowest BCUT2D eigenvalue weighted by atomic mass is 9.99. The third kappa shape index (κ3) is 2.23. The van der Waals surface area contributed by atoms with E-state index in [9.17, 15) is 0 Å². The van der Waals surface area contributed by atoms with Gasteiger partial charge in [-0.1, -0.05) is 66.7 Å². The van der Waals surface area contributed by atoms with E-state index in [1.54, 1.807) is 0 Å². The van der Waals surface area contributed by atoms with Gasteiger partial charge in [0.25, 0.3) is 0 Å². The van der Waals surface area contributed by atoms with Crippen LogP contribution in [-0.4, -0.2) is 4.57 Å². The molecule has 112 valence electrons. The van der Waals surface area contributed by atoms with E-state index in [4.69, 9.17) is 0 Å². The van der Waals surface area contributed by atoms with Crippen LogP contribution in [-0.2, 0) is 7.05 Å². The second-order valence-corrected chi connectivity index (χ2v) is 5.84. The lowest BCUT2D eigenvalue weighted by molar-refractivity contribution is -0.587. The fourth-order valence-electron chi connectivity index (χ4n) is 3.16. The largest absolute Gasteiger partial charge is 0.356 e. The summed E-state index contributed by atoms with van der Waals surface area (Å²) in [5, 5.41) is 2.53. The third-order valence-electron chi connectivity index (χ3n) is 4.30. The summed E-state index contributed by atoms with van der Waals surface area (Å²) in [6, 6.07) is 23.3. The average molecular weight is 298 g/mol. The van der Waals surface area contributed by atoms with Crippen LogP contribution in [0.3, 0.4) is 0 Å². The second kappa shape index (κ2) is 5.40. The Morgan fingerprint density at radius 3 is 2.43 bits per heavy atom. The van der Waals surface area contributed by atoms with Gasteiger partial charge in [-0.25, -0.2) is 0 Å². The van der Waals surface area contributed by atoms with Crippen molar-refractivity contribution in [3.8, 4) is 17.1 Å². The zero-order valence-electron chi connectivity index (χ0n) is 13.3. The molecule has 4 aromatic rings. The molecular weight excluding hydrogens is 280 g/mol. The Labute approximate surface area is 136 Å². The standard InChI is InChI=1S/C21H18N2/c1-16-12-13-17-8-6-7-11-19(17)20(16)21-22(2)14-15-23(21)18-9-4-3-5-10-18/h3-14H,1-2H3. The Hall–Kier alpha value is -2.87. The van der Waals surface area contributed by atoms with Gasteiger partial charge in [-0.3, -0.25) is 4.57 Å². The molecule has 23 heavy (non-hydrogen) atoms. The SMILES string of the molecule is Cc1ccc2ccccc2c1-c1n(C)c[c-][n+]1-c1ccccc1. The van der Waals surface area contributed by atoms with Gasteiger partial charge in [0.15, 0.2) is 5.82 Å². The van der Waals surface area contributed by atoms with Crippen LogP contribution in [0.1, 0.15) is 5.56 Å². The number of hydrogen-bond acceptors (Lipinski definition) is 0. The Morgan fingerprint density at radius 1 is 0.870 bits per heavy atom. The molecular formula is C21H18N2. The maximum Gasteiger partial charge on any atom is 0.186 e. The smallest absolute Gasteiger partial charge is 0.186 e. The highest BCUT2D eigenvalue weighted by atomic mass is 15.1. The van der Waals surface area contributed by atoms with Gasteiger partial charge < -0.3 is 4.57 Å². The molecule has 2 heteroatoms. The summed E-state index contributed by atoms with van der Waals surface area (Å²) in [7, 11) is 2.08. The van der Waals surface area contributed by atoms with Crippen LogP contribution in [0.25, 0.3) is 27.8 Å². The van der Waals surface area contributed by atoms with Crippen LogP contribution < -0.4 is 4.57 Å². The number of hydrogen-bond donors (Lipinski definition) is 0. The van der Waals surface area contributed by atoms with Gasteiger partial charge in [-0.2, -0.15) is 0 Å². The average Bonchev–Trinajstić information content (AvgIpc) is 2.97. The van der Waals surface area contributed by atoms with Gasteiger partial charge in [0.05, 0.1) is 19.4 Å². The second-order valence-electron chi connectivity index (χ2n) is 5.84. The predicted octanol–water partition coefficient (Wildman–Crippen LogP) is 4.23.